The Bertz CT molecular complexity index is 938. The molecule has 1 amide bonds. The number of anilines is 1. The highest BCUT2D eigenvalue weighted by Gasteiger charge is 2.30. The van der Waals surface area contributed by atoms with Crippen LogP contribution in [-0.2, 0) is 17.8 Å². The van der Waals surface area contributed by atoms with Crippen molar-refractivity contribution in [2.24, 2.45) is 0 Å². The van der Waals surface area contributed by atoms with Crippen LogP contribution in [0.15, 0.2) is 48.5 Å². The van der Waals surface area contributed by atoms with Gasteiger partial charge in [-0.1, -0.05) is 41.9 Å². The van der Waals surface area contributed by atoms with E-state index in [9.17, 15) is 4.79 Å². The molecule has 7 heteroatoms. The molecule has 0 bridgehead atoms. The maximum Gasteiger partial charge on any atom is 0.250 e. The van der Waals surface area contributed by atoms with Crippen LogP contribution in [0.25, 0.3) is 11.4 Å². The summed E-state index contributed by atoms with van der Waals surface area (Å²) in [4.78, 5) is 15.9. The summed E-state index contributed by atoms with van der Waals surface area (Å²) in [5.74, 6) is 0.355. The zero-order chi connectivity index (χ0) is 17.4. The molecule has 25 heavy (non-hydrogen) atoms. The van der Waals surface area contributed by atoms with Crippen molar-refractivity contribution in [1.29, 1.82) is 0 Å². The van der Waals surface area contributed by atoms with E-state index in [4.69, 9.17) is 11.6 Å². The van der Waals surface area contributed by atoms with E-state index in [1.54, 1.807) is 6.07 Å². The third-order valence-electron chi connectivity index (χ3n) is 4.32. The molecule has 0 radical (unpaired) electrons. The van der Waals surface area contributed by atoms with Gasteiger partial charge in [0, 0.05) is 17.3 Å². The van der Waals surface area contributed by atoms with E-state index < -0.39 is 0 Å². The van der Waals surface area contributed by atoms with Gasteiger partial charge in [-0.25, -0.2) is 0 Å². The Hall–Kier alpha value is -2.73. The number of aromatic nitrogens is 4. The number of fused-ring (bicyclic) bond motifs is 1. The molecule has 1 aliphatic rings. The van der Waals surface area contributed by atoms with Crippen LogP contribution in [0.3, 0.4) is 0 Å². The van der Waals surface area contributed by atoms with E-state index >= 15 is 0 Å². The number of carbonyl (C=O) groups excluding carboxylic acids is 1. The van der Waals surface area contributed by atoms with Gasteiger partial charge in [0.05, 0.1) is 5.02 Å². The van der Waals surface area contributed by atoms with E-state index in [1.165, 1.54) is 10.4 Å². The van der Waals surface area contributed by atoms with Gasteiger partial charge in [0.15, 0.2) is 0 Å². The fourth-order valence-electron chi connectivity index (χ4n) is 3.20. The van der Waals surface area contributed by atoms with E-state index in [2.05, 4.69) is 21.5 Å². The molecule has 1 aliphatic heterocycles. The molecule has 0 aliphatic carbocycles. The minimum atomic E-state index is -0.0550. The Morgan fingerprint density at radius 3 is 2.80 bits per heavy atom. The molecule has 0 saturated heterocycles. The van der Waals surface area contributed by atoms with E-state index in [0.29, 0.717) is 16.4 Å². The average molecular weight is 354 g/mol. The Balaban J connectivity index is 1.56. The van der Waals surface area contributed by atoms with Crippen LogP contribution in [0.4, 0.5) is 5.69 Å². The second-order valence-electron chi connectivity index (χ2n) is 6.07. The normalized spacial score (nSPS) is 16.1. The lowest BCUT2D eigenvalue weighted by molar-refractivity contribution is -0.119. The van der Waals surface area contributed by atoms with Crippen LogP contribution in [0, 0.1) is 0 Å². The van der Waals surface area contributed by atoms with Gasteiger partial charge in [-0.15, -0.1) is 10.2 Å². The van der Waals surface area contributed by atoms with Crippen molar-refractivity contribution in [3.8, 4) is 11.4 Å². The number of para-hydroxylation sites is 1. The summed E-state index contributed by atoms with van der Waals surface area (Å²) in [6, 6.07) is 15.4. The number of hydrogen-bond donors (Lipinski definition) is 0. The quantitative estimate of drug-likeness (QED) is 0.726. The Morgan fingerprint density at radius 1 is 1.20 bits per heavy atom. The minimum Gasteiger partial charge on any atom is -0.307 e. The Kier molecular flexibility index (Phi) is 3.97. The molecule has 3 aromatic rings. The SMILES string of the molecule is CC1Cc2ccccc2N1C(=O)Cn1nnc(-c2ccccc2Cl)n1. The van der Waals surface area contributed by atoms with Crippen molar-refractivity contribution in [3.05, 3.63) is 59.1 Å². The Morgan fingerprint density at radius 2 is 1.96 bits per heavy atom. The van der Waals surface area contributed by atoms with Crippen LogP contribution in [0.1, 0.15) is 12.5 Å². The molecule has 1 aromatic heterocycles. The van der Waals surface area contributed by atoms with Gasteiger partial charge in [-0.05, 0) is 42.3 Å². The lowest BCUT2D eigenvalue weighted by Crippen LogP contribution is -2.38. The summed E-state index contributed by atoms with van der Waals surface area (Å²) in [6.07, 6.45) is 0.859. The van der Waals surface area contributed by atoms with Gasteiger partial charge in [-0.3, -0.25) is 4.79 Å². The number of hydrogen-bond acceptors (Lipinski definition) is 4. The van der Waals surface area contributed by atoms with Crippen LogP contribution in [0.5, 0.6) is 0 Å². The van der Waals surface area contributed by atoms with Crippen molar-refractivity contribution >= 4 is 23.2 Å². The predicted octanol–water partition coefficient (Wildman–Crippen LogP) is 2.97. The van der Waals surface area contributed by atoms with Gasteiger partial charge in [0.2, 0.25) is 5.82 Å². The molecule has 1 atom stereocenters. The molecule has 0 saturated carbocycles. The molecule has 1 unspecified atom stereocenters. The van der Waals surface area contributed by atoms with Gasteiger partial charge >= 0.3 is 0 Å². The second kappa shape index (κ2) is 6.29. The summed E-state index contributed by atoms with van der Waals surface area (Å²) < 4.78 is 0. The lowest BCUT2D eigenvalue weighted by atomic mass is 10.1. The van der Waals surface area contributed by atoms with Crippen molar-refractivity contribution < 1.29 is 4.79 Å². The number of amides is 1. The molecule has 0 N–H and O–H groups in total. The highest BCUT2D eigenvalue weighted by atomic mass is 35.5. The topological polar surface area (TPSA) is 63.9 Å². The van der Waals surface area contributed by atoms with Crippen LogP contribution in [0.2, 0.25) is 5.02 Å². The molecule has 2 heterocycles. The summed E-state index contributed by atoms with van der Waals surface area (Å²) >= 11 is 6.16. The zero-order valence-electron chi connectivity index (χ0n) is 13.6. The van der Waals surface area contributed by atoms with Crippen molar-refractivity contribution in [2.75, 3.05) is 4.90 Å². The second-order valence-corrected chi connectivity index (χ2v) is 6.48. The summed E-state index contributed by atoms with van der Waals surface area (Å²) in [7, 11) is 0. The number of rotatable bonds is 3. The van der Waals surface area contributed by atoms with E-state index in [1.807, 2.05) is 48.2 Å². The molecular formula is C18H16ClN5O. The highest BCUT2D eigenvalue weighted by molar-refractivity contribution is 6.33. The number of carbonyl (C=O) groups is 1. The molecule has 0 fully saturated rings. The van der Waals surface area contributed by atoms with Gasteiger partial charge in [0.25, 0.3) is 5.91 Å². The van der Waals surface area contributed by atoms with Gasteiger partial charge in [-0.2, -0.15) is 4.80 Å². The minimum absolute atomic E-state index is 0.0378. The predicted molar refractivity (Wildman–Crippen MR) is 95.4 cm³/mol. The average Bonchev–Trinajstić information content (AvgIpc) is 3.18. The Labute approximate surface area is 150 Å². The van der Waals surface area contributed by atoms with Crippen LogP contribution >= 0.6 is 11.6 Å². The van der Waals surface area contributed by atoms with E-state index in [0.717, 1.165) is 12.1 Å². The number of benzene rings is 2. The highest BCUT2D eigenvalue weighted by Crippen LogP contribution is 2.32. The maximum absolute atomic E-state index is 12.8. The molecule has 2 aromatic carbocycles. The third kappa shape index (κ3) is 2.89. The first-order valence-electron chi connectivity index (χ1n) is 8.06. The molecule has 6 nitrogen and oxygen atoms in total. The van der Waals surface area contributed by atoms with Crippen molar-refractivity contribution in [3.63, 3.8) is 0 Å². The fraction of sp³-hybridized carbons (Fsp3) is 0.222. The first-order valence-corrected chi connectivity index (χ1v) is 8.44. The summed E-state index contributed by atoms with van der Waals surface area (Å²) in [5.41, 5.74) is 2.85. The maximum atomic E-state index is 12.8. The fourth-order valence-corrected chi connectivity index (χ4v) is 3.42. The molecular weight excluding hydrogens is 338 g/mol. The monoisotopic (exact) mass is 353 g/mol. The smallest absolute Gasteiger partial charge is 0.250 e. The van der Waals surface area contributed by atoms with Gasteiger partial charge in [0.1, 0.15) is 6.54 Å². The number of nitrogens with zero attached hydrogens (tertiary/aromatic N) is 5. The molecule has 4 rings (SSSR count). The summed E-state index contributed by atoms with van der Waals surface area (Å²) in [6.45, 7) is 2.08. The van der Waals surface area contributed by atoms with Gasteiger partial charge < -0.3 is 4.90 Å². The van der Waals surface area contributed by atoms with Crippen molar-refractivity contribution in [2.45, 2.75) is 25.9 Å². The molecule has 126 valence electrons. The van der Waals surface area contributed by atoms with Crippen molar-refractivity contribution in [1.82, 2.24) is 20.2 Å². The zero-order valence-corrected chi connectivity index (χ0v) is 14.4. The largest absolute Gasteiger partial charge is 0.307 e. The third-order valence-corrected chi connectivity index (χ3v) is 4.65. The molecule has 0 spiro atoms. The van der Waals surface area contributed by atoms with E-state index in [-0.39, 0.29) is 18.5 Å². The first kappa shape index (κ1) is 15.8. The standard InChI is InChI=1S/C18H16ClN5O/c1-12-10-13-6-2-5-9-16(13)24(12)17(25)11-23-21-18(20-22-23)14-7-3-4-8-15(14)19/h2-9,12H,10-11H2,1H3. The number of halogens is 1. The van der Waals surface area contributed by atoms with Crippen LogP contribution in [-0.4, -0.2) is 32.2 Å². The first-order chi connectivity index (χ1) is 12.1. The lowest BCUT2D eigenvalue weighted by Gasteiger charge is -2.22. The van der Waals surface area contributed by atoms with Crippen LogP contribution < -0.4 is 4.90 Å². The number of tetrazole rings is 1. The summed E-state index contributed by atoms with van der Waals surface area (Å²) in [5, 5.41) is 12.9.